The molecule has 0 saturated heterocycles. The minimum atomic E-state index is -0.0722. The smallest absolute Gasteiger partial charge is 0.305 e. The van der Waals surface area contributed by atoms with E-state index in [1.54, 1.807) is 0 Å². The number of hydrogen-bond acceptors (Lipinski definition) is 3. The second kappa shape index (κ2) is 20.8. The highest BCUT2D eigenvalue weighted by Gasteiger charge is 2.14. The molecular formula is C22H46INO3. The average molecular weight is 500 g/mol. The zero-order valence-electron chi connectivity index (χ0n) is 18.3. The third-order valence-corrected chi connectivity index (χ3v) is 5.15. The van der Waals surface area contributed by atoms with Gasteiger partial charge < -0.3 is 38.3 Å². The van der Waals surface area contributed by atoms with Gasteiger partial charge in [0.15, 0.2) is 0 Å². The summed E-state index contributed by atoms with van der Waals surface area (Å²) in [4.78, 5) is 11.7. The highest BCUT2D eigenvalue weighted by molar-refractivity contribution is 5.69. The Morgan fingerprint density at radius 1 is 0.778 bits per heavy atom. The molecule has 4 nitrogen and oxygen atoms in total. The van der Waals surface area contributed by atoms with Crippen LogP contribution >= 0.6 is 0 Å². The maximum absolute atomic E-state index is 11.7. The van der Waals surface area contributed by atoms with E-state index in [0.717, 1.165) is 19.4 Å². The van der Waals surface area contributed by atoms with E-state index >= 15 is 0 Å². The Bertz CT molecular complexity index is 325. The van der Waals surface area contributed by atoms with Crippen LogP contribution in [0.5, 0.6) is 0 Å². The fraction of sp³-hybridized carbons (Fsp3) is 0.955. The number of likely N-dealkylation sites (N-methyl/N-ethyl adjacent to an activating group) is 1. The van der Waals surface area contributed by atoms with Gasteiger partial charge in [-0.1, -0.05) is 84.0 Å². The number of carbonyl (C=O) groups excluding carboxylic acids is 1. The largest absolute Gasteiger partial charge is 1.00 e. The highest BCUT2D eigenvalue weighted by Crippen LogP contribution is 2.13. The van der Waals surface area contributed by atoms with Gasteiger partial charge in [-0.3, -0.25) is 4.79 Å². The molecule has 0 aliphatic heterocycles. The Balaban J connectivity index is 0. The number of unbranched alkanes of at least 4 members (excludes halogenated alkanes) is 12. The molecule has 0 aliphatic rings. The number of aliphatic hydroxyl groups excluding tert-OH is 1. The van der Waals surface area contributed by atoms with Crippen molar-refractivity contribution >= 4 is 5.97 Å². The van der Waals surface area contributed by atoms with Gasteiger partial charge in [0.2, 0.25) is 0 Å². The van der Waals surface area contributed by atoms with Crippen molar-refractivity contribution in [1.29, 1.82) is 0 Å². The summed E-state index contributed by atoms with van der Waals surface area (Å²) < 4.78 is 5.98. The van der Waals surface area contributed by atoms with Crippen molar-refractivity contribution in [1.82, 2.24) is 0 Å². The predicted octanol–water partition coefficient (Wildman–Crippen LogP) is 2.08. The van der Waals surface area contributed by atoms with Gasteiger partial charge in [-0.05, 0) is 6.42 Å². The van der Waals surface area contributed by atoms with Gasteiger partial charge in [-0.2, -0.15) is 0 Å². The van der Waals surface area contributed by atoms with E-state index in [1.807, 2.05) is 14.1 Å². The minimum absolute atomic E-state index is 0. The number of halogens is 1. The lowest BCUT2D eigenvalue weighted by Gasteiger charge is -2.28. The molecule has 0 radical (unpaired) electrons. The molecule has 5 heteroatoms. The van der Waals surface area contributed by atoms with Crippen molar-refractivity contribution in [2.45, 2.75) is 96.8 Å². The first-order chi connectivity index (χ1) is 12.5. The first kappa shape index (κ1) is 29.3. The Hall–Kier alpha value is 0.120. The van der Waals surface area contributed by atoms with Gasteiger partial charge >= 0.3 is 5.97 Å². The maximum Gasteiger partial charge on any atom is 0.305 e. The molecule has 0 aliphatic carbocycles. The van der Waals surface area contributed by atoms with Crippen LogP contribution in [0.25, 0.3) is 0 Å². The van der Waals surface area contributed by atoms with Crippen molar-refractivity contribution in [2.75, 3.05) is 40.4 Å². The molecule has 0 fully saturated rings. The van der Waals surface area contributed by atoms with Gasteiger partial charge in [-0.25, -0.2) is 0 Å². The summed E-state index contributed by atoms with van der Waals surface area (Å²) >= 11 is 0. The minimum Gasteiger partial charge on any atom is -1.00 e. The SMILES string of the molecule is CCCCCCCCCCCCCCCC(=O)OCC[N+](C)(C)CCO.[I-]. The molecule has 27 heavy (non-hydrogen) atoms. The molecule has 0 aromatic rings. The zero-order valence-corrected chi connectivity index (χ0v) is 20.5. The molecule has 164 valence electrons. The number of aliphatic hydroxyl groups is 1. The van der Waals surface area contributed by atoms with E-state index in [2.05, 4.69) is 6.92 Å². The number of hydrogen-bond donors (Lipinski definition) is 1. The Morgan fingerprint density at radius 3 is 1.67 bits per heavy atom. The van der Waals surface area contributed by atoms with Crippen LogP contribution in [0.2, 0.25) is 0 Å². The fourth-order valence-electron chi connectivity index (χ4n) is 3.15. The monoisotopic (exact) mass is 499 g/mol. The number of rotatable bonds is 19. The molecule has 0 bridgehead atoms. The van der Waals surface area contributed by atoms with Crippen LogP contribution in [0.4, 0.5) is 0 Å². The summed E-state index contributed by atoms with van der Waals surface area (Å²) in [6.45, 7) is 4.33. The van der Waals surface area contributed by atoms with E-state index < -0.39 is 0 Å². The van der Waals surface area contributed by atoms with E-state index in [1.165, 1.54) is 70.6 Å². The molecule has 0 rings (SSSR count). The highest BCUT2D eigenvalue weighted by atomic mass is 127. The lowest BCUT2D eigenvalue weighted by molar-refractivity contribution is -0.890. The Kier molecular flexibility index (Phi) is 22.6. The van der Waals surface area contributed by atoms with E-state index in [4.69, 9.17) is 9.84 Å². The molecule has 0 unspecified atom stereocenters. The molecule has 0 saturated carbocycles. The van der Waals surface area contributed by atoms with Crippen LogP contribution < -0.4 is 24.0 Å². The van der Waals surface area contributed by atoms with E-state index in [9.17, 15) is 4.79 Å². The number of carbonyl (C=O) groups is 1. The van der Waals surface area contributed by atoms with E-state index in [-0.39, 0.29) is 36.6 Å². The summed E-state index contributed by atoms with van der Waals surface area (Å²) in [7, 11) is 4.08. The van der Waals surface area contributed by atoms with Crippen LogP contribution in [0.3, 0.4) is 0 Å². The summed E-state index contributed by atoms with van der Waals surface area (Å²) in [5.74, 6) is -0.0722. The third kappa shape index (κ3) is 22.3. The number of esters is 1. The zero-order chi connectivity index (χ0) is 19.5. The molecular weight excluding hydrogens is 453 g/mol. The lowest BCUT2D eigenvalue weighted by Crippen LogP contribution is -3.00. The summed E-state index contributed by atoms with van der Waals surface area (Å²) in [6.07, 6.45) is 17.7. The Labute approximate surface area is 186 Å². The van der Waals surface area contributed by atoms with Crippen LogP contribution in [-0.4, -0.2) is 56.0 Å². The van der Waals surface area contributed by atoms with Gasteiger partial charge in [0.1, 0.15) is 19.7 Å². The van der Waals surface area contributed by atoms with Crippen molar-refractivity contribution in [3.05, 3.63) is 0 Å². The molecule has 0 aromatic heterocycles. The third-order valence-electron chi connectivity index (χ3n) is 5.15. The van der Waals surface area contributed by atoms with Crippen LogP contribution in [0, 0.1) is 0 Å². The van der Waals surface area contributed by atoms with Crippen LogP contribution in [0.15, 0.2) is 0 Å². The van der Waals surface area contributed by atoms with Crippen molar-refractivity contribution in [3.63, 3.8) is 0 Å². The van der Waals surface area contributed by atoms with Crippen molar-refractivity contribution < 1.29 is 43.1 Å². The van der Waals surface area contributed by atoms with E-state index in [0.29, 0.717) is 24.1 Å². The normalized spacial score (nSPS) is 11.3. The number of nitrogens with zero attached hydrogens (tertiary/aromatic N) is 1. The van der Waals surface area contributed by atoms with Gasteiger partial charge in [0, 0.05) is 6.42 Å². The summed E-state index contributed by atoms with van der Waals surface area (Å²) in [5.41, 5.74) is 0. The van der Waals surface area contributed by atoms with Crippen LogP contribution in [-0.2, 0) is 9.53 Å². The van der Waals surface area contributed by atoms with Gasteiger partial charge in [0.25, 0.3) is 0 Å². The lowest BCUT2D eigenvalue weighted by atomic mass is 10.0. The molecule has 0 spiro atoms. The van der Waals surface area contributed by atoms with Crippen LogP contribution in [0.1, 0.15) is 96.8 Å². The van der Waals surface area contributed by atoms with Crippen molar-refractivity contribution in [3.8, 4) is 0 Å². The molecule has 0 aromatic carbocycles. The molecule has 0 atom stereocenters. The number of ether oxygens (including phenoxy) is 1. The van der Waals surface area contributed by atoms with Gasteiger partial charge in [-0.15, -0.1) is 0 Å². The summed E-state index contributed by atoms with van der Waals surface area (Å²) in [5, 5.41) is 8.97. The van der Waals surface area contributed by atoms with Gasteiger partial charge in [0.05, 0.1) is 20.7 Å². The average Bonchev–Trinajstić information content (AvgIpc) is 2.58. The topological polar surface area (TPSA) is 46.5 Å². The fourth-order valence-corrected chi connectivity index (χ4v) is 3.15. The molecule has 1 N–H and O–H groups in total. The second-order valence-electron chi connectivity index (χ2n) is 8.32. The quantitative estimate of drug-likeness (QED) is 0.128. The predicted molar refractivity (Wildman–Crippen MR) is 110 cm³/mol. The molecule has 0 heterocycles. The second-order valence-corrected chi connectivity index (χ2v) is 8.32. The standard InChI is InChI=1S/C22H46NO3.HI/c1-4-5-6-7-8-9-10-11-12-13-14-15-16-17-22(25)26-21-19-23(2,3)18-20-24;/h24H,4-21H2,1-3H3;1H/q+1;/p-1. The maximum atomic E-state index is 11.7. The molecule has 0 amide bonds. The Morgan fingerprint density at radius 2 is 1.22 bits per heavy atom. The first-order valence-corrected chi connectivity index (χ1v) is 11.1. The number of quaternary nitrogens is 1. The van der Waals surface area contributed by atoms with Crippen molar-refractivity contribution in [2.24, 2.45) is 0 Å². The first-order valence-electron chi connectivity index (χ1n) is 11.1. The summed E-state index contributed by atoms with van der Waals surface area (Å²) in [6, 6.07) is 0.